The van der Waals surface area contributed by atoms with Crippen LogP contribution in [0.3, 0.4) is 0 Å². The van der Waals surface area contributed by atoms with E-state index in [-0.39, 0.29) is 24.1 Å². The third-order valence-corrected chi connectivity index (χ3v) is 6.87. The fraction of sp³-hybridized carbons (Fsp3) is 0.611. The van der Waals surface area contributed by atoms with E-state index in [1.54, 1.807) is 6.92 Å². The van der Waals surface area contributed by atoms with Gasteiger partial charge in [0.1, 0.15) is 0 Å². The van der Waals surface area contributed by atoms with Gasteiger partial charge >= 0.3 is 0 Å². The zero-order valence-electron chi connectivity index (χ0n) is 15.2. The number of amides is 1. The third kappa shape index (κ3) is 4.55. The minimum atomic E-state index is -3.24. The summed E-state index contributed by atoms with van der Waals surface area (Å²) in [6.07, 6.45) is 1.43. The highest BCUT2D eigenvalue weighted by molar-refractivity contribution is 7.89. The van der Waals surface area contributed by atoms with Gasteiger partial charge in [-0.05, 0) is 44.0 Å². The Kier molecular flexibility index (Phi) is 6.16. The molecule has 1 atom stereocenters. The van der Waals surface area contributed by atoms with Crippen molar-refractivity contribution in [3.8, 4) is 0 Å². The highest BCUT2D eigenvalue weighted by Crippen LogP contribution is 2.23. The van der Waals surface area contributed by atoms with E-state index < -0.39 is 10.0 Å². The van der Waals surface area contributed by atoms with Crippen LogP contribution in [0.5, 0.6) is 0 Å². The lowest BCUT2D eigenvalue weighted by Gasteiger charge is -2.31. The minimum absolute atomic E-state index is 0.0738. The number of benzene rings is 1. The molecular weight excluding hydrogens is 354 g/mol. The van der Waals surface area contributed by atoms with Crippen LogP contribution in [0.1, 0.15) is 19.8 Å². The van der Waals surface area contributed by atoms with Gasteiger partial charge in [0.15, 0.2) is 0 Å². The van der Waals surface area contributed by atoms with Crippen LogP contribution in [-0.4, -0.2) is 63.8 Å². The van der Waals surface area contributed by atoms with Gasteiger partial charge in [-0.15, -0.1) is 0 Å². The van der Waals surface area contributed by atoms with Crippen LogP contribution in [-0.2, 0) is 19.6 Å². The molecule has 1 aromatic rings. The predicted molar refractivity (Wildman–Crippen MR) is 102 cm³/mol. The molecule has 0 unspecified atom stereocenters. The van der Waals surface area contributed by atoms with Gasteiger partial charge in [0, 0.05) is 37.6 Å². The number of anilines is 2. The number of nitrogens with one attached hydrogen (secondary N) is 1. The van der Waals surface area contributed by atoms with Crippen molar-refractivity contribution in [1.82, 2.24) is 4.31 Å². The number of carbonyl (C=O) groups is 1. The highest BCUT2D eigenvalue weighted by atomic mass is 32.2. The molecule has 2 saturated heterocycles. The number of carbonyl (C=O) groups excluding carboxylic acids is 1. The molecule has 2 fully saturated rings. The van der Waals surface area contributed by atoms with Crippen LogP contribution in [0.2, 0.25) is 0 Å². The van der Waals surface area contributed by atoms with Gasteiger partial charge < -0.3 is 15.0 Å². The summed E-state index contributed by atoms with van der Waals surface area (Å²) in [5.74, 6) is -0.339. The normalized spacial score (nSPS) is 22.2. The molecule has 3 rings (SSSR count). The lowest BCUT2D eigenvalue weighted by atomic mass is 9.98. The van der Waals surface area contributed by atoms with Crippen LogP contribution < -0.4 is 10.2 Å². The molecule has 0 bridgehead atoms. The van der Waals surface area contributed by atoms with Crippen molar-refractivity contribution >= 4 is 27.3 Å². The molecule has 0 spiro atoms. The molecule has 0 aliphatic carbocycles. The average Bonchev–Trinajstić information content (AvgIpc) is 2.69. The molecule has 0 saturated carbocycles. The molecule has 0 radical (unpaired) electrons. The minimum Gasteiger partial charge on any atom is -0.378 e. The topological polar surface area (TPSA) is 79.0 Å². The van der Waals surface area contributed by atoms with E-state index in [9.17, 15) is 13.2 Å². The quantitative estimate of drug-likeness (QED) is 0.837. The molecule has 1 amide bonds. The maximum Gasteiger partial charge on any atom is 0.228 e. The summed E-state index contributed by atoms with van der Waals surface area (Å²) in [5.41, 5.74) is 1.85. The molecule has 1 N–H and O–H groups in total. The lowest BCUT2D eigenvalue weighted by molar-refractivity contribution is -0.120. The fourth-order valence-electron chi connectivity index (χ4n) is 3.41. The van der Waals surface area contributed by atoms with Crippen molar-refractivity contribution in [3.05, 3.63) is 24.3 Å². The summed E-state index contributed by atoms with van der Waals surface area (Å²) in [4.78, 5) is 14.8. The maximum absolute atomic E-state index is 12.6. The third-order valence-electron chi connectivity index (χ3n) is 5.02. The van der Waals surface area contributed by atoms with E-state index in [4.69, 9.17) is 4.74 Å². The smallest absolute Gasteiger partial charge is 0.228 e. The summed E-state index contributed by atoms with van der Waals surface area (Å²) in [6.45, 7) is 5.62. The van der Waals surface area contributed by atoms with Crippen LogP contribution in [0.25, 0.3) is 0 Å². The number of ether oxygens (including phenoxy) is 1. The van der Waals surface area contributed by atoms with Crippen molar-refractivity contribution < 1.29 is 17.9 Å². The van der Waals surface area contributed by atoms with E-state index in [1.165, 1.54) is 4.31 Å². The van der Waals surface area contributed by atoms with Gasteiger partial charge in [0.2, 0.25) is 15.9 Å². The SMILES string of the molecule is CCS(=O)(=O)N1CCC[C@H](C(=O)Nc2ccc(N3CCOCC3)cc2)C1. The first-order valence-electron chi connectivity index (χ1n) is 9.21. The summed E-state index contributed by atoms with van der Waals surface area (Å²) >= 11 is 0. The summed E-state index contributed by atoms with van der Waals surface area (Å²) in [5, 5.41) is 2.93. The van der Waals surface area contributed by atoms with Crippen LogP contribution in [0, 0.1) is 5.92 Å². The molecule has 7 nitrogen and oxygen atoms in total. The first-order chi connectivity index (χ1) is 12.5. The maximum atomic E-state index is 12.6. The second kappa shape index (κ2) is 8.37. The highest BCUT2D eigenvalue weighted by Gasteiger charge is 2.31. The number of nitrogens with zero attached hydrogens (tertiary/aromatic N) is 2. The Labute approximate surface area is 155 Å². The van der Waals surface area contributed by atoms with Crippen LogP contribution in [0.4, 0.5) is 11.4 Å². The first-order valence-corrected chi connectivity index (χ1v) is 10.8. The standard InChI is InChI=1S/C18H27N3O4S/c1-2-26(23,24)21-9-3-4-15(14-21)18(22)19-16-5-7-17(8-6-16)20-10-12-25-13-11-20/h5-8,15H,2-4,9-14H2,1H3,(H,19,22)/t15-/m0/s1. The number of hydrogen-bond acceptors (Lipinski definition) is 5. The fourth-order valence-corrected chi connectivity index (χ4v) is 4.59. The van der Waals surface area contributed by atoms with Crippen molar-refractivity contribution in [2.45, 2.75) is 19.8 Å². The summed E-state index contributed by atoms with van der Waals surface area (Å²) in [7, 11) is -3.24. The van der Waals surface area contributed by atoms with Crippen molar-refractivity contribution in [1.29, 1.82) is 0 Å². The lowest BCUT2D eigenvalue weighted by Crippen LogP contribution is -2.44. The Morgan fingerprint density at radius 3 is 2.54 bits per heavy atom. The Hall–Kier alpha value is -1.64. The molecule has 8 heteroatoms. The largest absolute Gasteiger partial charge is 0.378 e. The Morgan fingerprint density at radius 1 is 1.19 bits per heavy atom. The predicted octanol–water partition coefficient (Wildman–Crippen LogP) is 1.52. The Bertz CT molecular complexity index is 714. The van der Waals surface area contributed by atoms with Crippen molar-refractivity contribution in [3.63, 3.8) is 0 Å². The second-order valence-electron chi connectivity index (χ2n) is 6.73. The van der Waals surface area contributed by atoms with Crippen LogP contribution in [0.15, 0.2) is 24.3 Å². The molecule has 2 heterocycles. The van der Waals surface area contributed by atoms with Gasteiger partial charge in [-0.2, -0.15) is 0 Å². The van der Waals surface area contributed by atoms with Gasteiger partial charge in [0.05, 0.1) is 24.9 Å². The molecule has 0 aromatic heterocycles. The summed E-state index contributed by atoms with van der Waals surface area (Å²) < 4.78 is 30.9. The molecule has 1 aromatic carbocycles. The van der Waals surface area contributed by atoms with E-state index in [0.717, 1.165) is 37.7 Å². The molecular formula is C18H27N3O4S. The van der Waals surface area contributed by atoms with E-state index in [2.05, 4.69) is 10.2 Å². The number of piperidine rings is 1. The second-order valence-corrected chi connectivity index (χ2v) is 8.99. The van der Waals surface area contributed by atoms with E-state index in [1.807, 2.05) is 24.3 Å². The molecule has 2 aliphatic rings. The Balaban J connectivity index is 1.59. The van der Waals surface area contributed by atoms with Gasteiger partial charge in [-0.3, -0.25) is 4.79 Å². The average molecular weight is 381 g/mol. The molecule has 144 valence electrons. The number of morpholine rings is 1. The van der Waals surface area contributed by atoms with Gasteiger partial charge in [-0.25, -0.2) is 12.7 Å². The summed E-state index contributed by atoms with van der Waals surface area (Å²) in [6, 6.07) is 7.78. The first kappa shape index (κ1) is 19.1. The van der Waals surface area contributed by atoms with Crippen LogP contribution >= 0.6 is 0 Å². The van der Waals surface area contributed by atoms with Crippen molar-refractivity contribution in [2.24, 2.45) is 5.92 Å². The zero-order valence-corrected chi connectivity index (χ0v) is 16.0. The van der Waals surface area contributed by atoms with Gasteiger partial charge in [-0.1, -0.05) is 0 Å². The molecule has 2 aliphatic heterocycles. The monoisotopic (exact) mass is 381 g/mol. The van der Waals surface area contributed by atoms with E-state index in [0.29, 0.717) is 19.4 Å². The molecule has 26 heavy (non-hydrogen) atoms. The van der Waals surface area contributed by atoms with Gasteiger partial charge in [0.25, 0.3) is 0 Å². The zero-order chi connectivity index (χ0) is 18.6. The van der Waals surface area contributed by atoms with Crippen molar-refractivity contribution in [2.75, 3.05) is 55.4 Å². The number of rotatable bonds is 5. The van der Waals surface area contributed by atoms with E-state index >= 15 is 0 Å². The Morgan fingerprint density at radius 2 is 1.88 bits per heavy atom. The number of hydrogen-bond donors (Lipinski definition) is 1. The number of sulfonamides is 1.